The summed E-state index contributed by atoms with van der Waals surface area (Å²) in [5.41, 5.74) is -1.11. The summed E-state index contributed by atoms with van der Waals surface area (Å²) in [6, 6.07) is 4.79. The van der Waals surface area contributed by atoms with Gasteiger partial charge in [-0.15, -0.1) is 0 Å². The number of halogens is 2. The first kappa shape index (κ1) is 12.3. The number of anilines is 1. The lowest BCUT2D eigenvalue weighted by Gasteiger charge is -2.20. The molecular formula is C12H14ClFN2O. The van der Waals surface area contributed by atoms with Crippen molar-refractivity contribution < 1.29 is 9.18 Å². The van der Waals surface area contributed by atoms with Gasteiger partial charge in [-0.3, -0.25) is 4.79 Å². The maximum absolute atomic E-state index is 14.7. The van der Waals surface area contributed by atoms with Gasteiger partial charge in [-0.1, -0.05) is 11.6 Å². The van der Waals surface area contributed by atoms with E-state index in [1.165, 1.54) is 6.07 Å². The molecule has 0 aliphatic carbocycles. The molecule has 0 bridgehead atoms. The zero-order valence-electron chi connectivity index (χ0n) is 9.76. The molecular weight excluding hydrogens is 243 g/mol. The van der Waals surface area contributed by atoms with Crippen molar-refractivity contribution in [2.75, 3.05) is 26.0 Å². The molecule has 0 saturated carbocycles. The molecule has 1 amide bonds. The average Bonchev–Trinajstić information content (AvgIpc) is 2.50. The van der Waals surface area contributed by atoms with E-state index in [0.29, 0.717) is 22.8 Å². The van der Waals surface area contributed by atoms with Crippen LogP contribution in [0.25, 0.3) is 0 Å². The van der Waals surface area contributed by atoms with Gasteiger partial charge in [0.05, 0.1) is 0 Å². The van der Waals surface area contributed by atoms with Crippen molar-refractivity contribution >= 4 is 23.2 Å². The standard InChI is InChI=1S/C12H14ClFN2O/c1-16(2)6-5-12(14)9-7-8(13)3-4-10(9)15-11(12)17/h3-4,7H,5-6H2,1-2H3,(H,15,17). The van der Waals surface area contributed by atoms with Crippen molar-refractivity contribution in [1.29, 1.82) is 0 Å². The Bertz CT molecular complexity index is 464. The van der Waals surface area contributed by atoms with Crippen LogP contribution >= 0.6 is 11.6 Å². The molecule has 0 fully saturated rings. The number of carbonyl (C=O) groups excluding carboxylic acids is 1. The molecule has 1 N–H and O–H groups in total. The summed E-state index contributed by atoms with van der Waals surface area (Å²) in [6.45, 7) is 0.496. The molecule has 92 valence electrons. The molecule has 3 nitrogen and oxygen atoms in total. The van der Waals surface area contributed by atoms with Gasteiger partial charge in [0.25, 0.3) is 5.91 Å². The molecule has 1 aromatic rings. The summed E-state index contributed by atoms with van der Waals surface area (Å²) >= 11 is 5.84. The summed E-state index contributed by atoms with van der Waals surface area (Å²) in [7, 11) is 3.68. The van der Waals surface area contributed by atoms with E-state index in [1.54, 1.807) is 12.1 Å². The molecule has 1 aromatic carbocycles. The number of rotatable bonds is 3. The van der Waals surface area contributed by atoms with Crippen LogP contribution in [0.4, 0.5) is 10.1 Å². The fourth-order valence-corrected chi connectivity index (χ4v) is 2.09. The highest BCUT2D eigenvalue weighted by atomic mass is 35.5. The second-order valence-corrected chi connectivity index (χ2v) is 4.93. The first-order valence-electron chi connectivity index (χ1n) is 5.38. The molecule has 2 rings (SSSR count). The molecule has 1 aliphatic rings. The lowest BCUT2D eigenvalue weighted by molar-refractivity contribution is -0.127. The van der Waals surface area contributed by atoms with Crippen LogP contribution < -0.4 is 5.32 Å². The Morgan fingerprint density at radius 2 is 2.18 bits per heavy atom. The molecule has 0 radical (unpaired) electrons. The van der Waals surface area contributed by atoms with E-state index < -0.39 is 11.6 Å². The van der Waals surface area contributed by atoms with Crippen molar-refractivity contribution in [2.45, 2.75) is 12.1 Å². The second-order valence-electron chi connectivity index (χ2n) is 4.50. The number of hydrogen-bond donors (Lipinski definition) is 1. The van der Waals surface area contributed by atoms with E-state index in [4.69, 9.17) is 11.6 Å². The lowest BCUT2D eigenvalue weighted by atomic mass is 9.93. The van der Waals surface area contributed by atoms with Crippen molar-refractivity contribution in [1.82, 2.24) is 4.90 Å². The molecule has 0 spiro atoms. The van der Waals surface area contributed by atoms with Gasteiger partial charge in [-0.05, 0) is 32.3 Å². The summed E-state index contributed by atoms with van der Waals surface area (Å²) in [5.74, 6) is -0.600. The summed E-state index contributed by atoms with van der Waals surface area (Å²) in [6.07, 6.45) is 0.124. The molecule has 17 heavy (non-hydrogen) atoms. The third kappa shape index (κ3) is 2.15. The zero-order chi connectivity index (χ0) is 12.6. The number of nitrogens with one attached hydrogen (secondary N) is 1. The summed E-state index contributed by atoms with van der Waals surface area (Å²) in [4.78, 5) is 13.6. The number of hydrogen-bond acceptors (Lipinski definition) is 2. The highest BCUT2D eigenvalue weighted by Gasteiger charge is 2.47. The molecule has 1 heterocycles. The van der Waals surface area contributed by atoms with Crippen LogP contribution in [0.15, 0.2) is 18.2 Å². The van der Waals surface area contributed by atoms with Gasteiger partial charge in [0.2, 0.25) is 5.67 Å². The van der Waals surface area contributed by atoms with Crippen molar-refractivity contribution in [2.24, 2.45) is 0 Å². The maximum Gasteiger partial charge on any atom is 0.266 e. The minimum absolute atomic E-state index is 0.124. The van der Waals surface area contributed by atoms with E-state index >= 15 is 0 Å². The molecule has 1 aliphatic heterocycles. The van der Waals surface area contributed by atoms with Gasteiger partial charge >= 0.3 is 0 Å². The fraction of sp³-hybridized carbons (Fsp3) is 0.417. The quantitative estimate of drug-likeness (QED) is 0.901. The Kier molecular flexibility index (Phi) is 3.10. The van der Waals surface area contributed by atoms with E-state index in [1.807, 2.05) is 19.0 Å². The number of benzene rings is 1. The molecule has 0 saturated heterocycles. The van der Waals surface area contributed by atoms with Crippen LogP contribution in [-0.2, 0) is 10.5 Å². The Morgan fingerprint density at radius 1 is 1.47 bits per heavy atom. The van der Waals surface area contributed by atoms with Gasteiger partial charge in [0, 0.05) is 29.2 Å². The van der Waals surface area contributed by atoms with Crippen LogP contribution in [0, 0.1) is 0 Å². The summed E-state index contributed by atoms with van der Waals surface area (Å²) < 4.78 is 14.7. The Balaban J connectivity index is 2.35. The van der Waals surface area contributed by atoms with Gasteiger partial charge in [0.1, 0.15) is 0 Å². The Labute approximate surface area is 105 Å². The molecule has 1 unspecified atom stereocenters. The van der Waals surface area contributed by atoms with Crippen molar-refractivity contribution in [3.05, 3.63) is 28.8 Å². The highest BCUT2D eigenvalue weighted by Crippen LogP contribution is 2.42. The number of alkyl halides is 1. The molecule has 0 aromatic heterocycles. The van der Waals surface area contributed by atoms with E-state index in [-0.39, 0.29) is 6.42 Å². The van der Waals surface area contributed by atoms with Crippen LogP contribution in [0.3, 0.4) is 0 Å². The van der Waals surface area contributed by atoms with Gasteiger partial charge in [-0.2, -0.15) is 0 Å². The lowest BCUT2D eigenvalue weighted by Crippen LogP contribution is -2.33. The van der Waals surface area contributed by atoms with Crippen molar-refractivity contribution in [3.8, 4) is 0 Å². The number of nitrogens with zero attached hydrogens (tertiary/aromatic N) is 1. The maximum atomic E-state index is 14.7. The Morgan fingerprint density at radius 3 is 2.82 bits per heavy atom. The van der Waals surface area contributed by atoms with E-state index in [0.717, 1.165) is 0 Å². The largest absolute Gasteiger partial charge is 0.323 e. The Hall–Kier alpha value is -1.13. The van der Waals surface area contributed by atoms with Gasteiger partial charge in [0.15, 0.2) is 0 Å². The van der Waals surface area contributed by atoms with Crippen LogP contribution in [-0.4, -0.2) is 31.4 Å². The van der Waals surface area contributed by atoms with Crippen LogP contribution in [0.5, 0.6) is 0 Å². The number of amides is 1. The van der Waals surface area contributed by atoms with E-state index in [2.05, 4.69) is 5.32 Å². The number of fused-ring (bicyclic) bond motifs is 1. The second kappa shape index (κ2) is 4.27. The topological polar surface area (TPSA) is 32.3 Å². The van der Waals surface area contributed by atoms with Crippen LogP contribution in [0.2, 0.25) is 5.02 Å². The molecule has 5 heteroatoms. The first-order chi connectivity index (χ1) is 7.93. The van der Waals surface area contributed by atoms with E-state index in [9.17, 15) is 9.18 Å². The van der Waals surface area contributed by atoms with Gasteiger partial charge < -0.3 is 10.2 Å². The molecule has 1 atom stereocenters. The average molecular weight is 257 g/mol. The highest BCUT2D eigenvalue weighted by molar-refractivity contribution is 6.31. The third-order valence-corrected chi connectivity index (χ3v) is 3.16. The zero-order valence-corrected chi connectivity index (χ0v) is 10.5. The third-order valence-electron chi connectivity index (χ3n) is 2.92. The normalized spacial score (nSPS) is 22.8. The predicted octanol–water partition coefficient (Wildman–Crippen LogP) is 2.41. The first-order valence-corrected chi connectivity index (χ1v) is 5.76. The predicted molar refractivity (Wildman–Crippen MR) is 66.0 cm³/mol. The summed E-state index contributed by atoms with van der Waals surface area (Å²) in [5, 5.41) is 2.98. The van der Waals surface area contributed by atoms with Crippen molar-refractivity contribution in [3.63, 3.8) is 0 Å². The minimum Gasteiger partial charge on any atom is -0.323 e. The fourth-order valence-electron chi connectivity index (χ4n) is 1.92. The minimum atomic E-state index is -1.97. The smallest absolute Gasteiger partial charge is 0.266 e. The van der Waals surface area contributed by atoms with Crippen LogP contribution in [0.1, 0.15) is 12.0 Å². The SMILES string of the molecule is CN(C)CCC1(F)C(=O)Nc2ccc(Cl)cc21. The van der Waals surface area contributed by atoms with Gasteiger partial charge in [-0.25, -0.2) is 4.39 Å². The number of carbonyl (C=O) groups is 1. The monoisotopic (exact) mass is 256 g/mol.